The highest BCUT2D eigenvalue weighted by Gasteiger charge is 1.92. The molecule has 0 fully saturated rings. The molecule has 0 saturated heterocycles. The molecule has 1 rings (SSSR count). The van der Waals surface area contributed by atoms with E-state index in [1.807, 2.05) is 30.1 Å². The third-order valence-corrected chi connectivity index (χ3v) is 2.70. The maximum Gasteiger partial charge on any atom is 0.123 e. The van der Waals surface area contributed by atoms with Gasteiger partial charge in [0.15, 0.2) is 0 Å². The summed E-state index contributed by atoms with van der Waals surface area (Å²) in [5.74, 6) is 2.85. The van der Waals surface area contributed by atoms with Gasteiger partial charge in [0.05, 0.1) is 0 Å². The Balaban J connectivity index is 2.37. The van der Waals surface area contributed by atoms with Crippen LogP contribution >= 0.6 is 11.8 Å². The second-order valence-corrected chi connectivity index (χ2v) is 3.75. The average Bonchev–Trinajstić information content (AvgIpc) is 2.09. The molecule has 1 aromatic heterocycles. The van der Waals surface area contributed by atoms with Gasteiger partial charge in [0.1, 0.15) is 5.82 Å². The van der Waals surface area contributed by atoms with Gasteiger partial charge in [-0.25, -0.2) is 4.98 Å². The topological polar surface area (TPSA) is 38.9 Å². The normalized spacial score (nSPS) is 10.1. The molecule has 0 radical (unpaired) electrons. The highest BCUT2D eigenvalue weighted by atomic mass is 32.2. The minimum Gasteiger partial charge on any atom is -0.384 e. The molecule has 0 amide bonds. The van der Waals surface area contributed by atoms with Crippen molar-refractivity contribution in [3.8, 4) is 0 Å². The highest BCUT2D eigenvalue weighted by Crippen LogP contribution is 2.12. The number of thioether (sulfide) groups is 1. The Kier molecular flexibility index (Phi) is 3.94. The molecule has 2 nitrogen and oxygen atoms in total. The first-order valence-electron chi connectivity index (χ1n) is 4.11. The van der Waals surface area contributed by atoms with Gasteiger partial charge < -0.3 is 5.73 Å². The molecule has 0 aliphatic carbocycles. The zero-order chi connectivity index (χ0) is 8.81. The number of hydrogen-bond acceptors (Lipinski definition) is 3. The van der Waals surface area contributed by atoms with Gasteiger partial charge in [-0.2, -0.15) is 11.8 Å². The summed E-state index contributed by atoms with van der Waals surface area (Å²) in [6.45, 7) is 2.19. The van der Waals surface area contributed by atoms with Crippen molar-refractivity contribution in [2.75, 3.05) is 11.5 Å². The Morgan fingerprint density at radius 3 is 2.92 bits per heavy atom. The van der Waals surface area contributed by atoms with Crippen molar-refractivity contribution in [2.24, 2.45) is 0 Å². The van der Waals surface area contributed by atoms with Crippen molar-refractivity contribution in [1.82, 2.24) is 4.98 Å². The van der Waals surface area contributed by atoms with E-state index in [4.69, 9.17) is 5.73 Å². The summed E-state index contributed by atoms with van der Waals surface area (Å²) in [7, 11) is 0. The third kappa shape index (κ3) is 3.13. The van der Waals surface area contributed by atoms with Gasteiger partial charge in [-0.15, -0.1) is 0 Å². The van der Waals surface area contributed by atoms with Crippen LogP contribution in [0.2, 0.25) is 0 Å². The van der Waals surface area contributed by atoms with Crippen LogP contribution in [0.3, 0.4) is 0 Å². The van der Waals surface area contributed by atoms with Gasteiger partial charge in [0.25, 0.3) is 0 Å². The van der Waals surface area contributed by atoms with E-state index >= 15 is 0 Å². The van der Waals surface area contributed by atoms with Crippen molar-refractivity contribution in [1.29, 1.82) is 0 Å². The Morgan fingerprint density at radius 1 is 1.50 bits per heavy atom. The second-order valence-electron chi connectivity index (χ2n) is 2.64. The number of nitrogen functional groups attached to an aromatic ring is 1. The van der Waals surface area contributed by atoms with E-state index in [9.17, 15) is 0 Å². The monoisotopic (exact) mass is 182 g/mol. The number of anilines is 1. The molecular weight excluding hydrogens is 168 g/mol. The van der Waals surface area contributed by atoms with Gasteiger partial charge in [-0.05, 0) is 23.8 Å². The molecule has 0 aliphatic heterocycles. The zero-order valence-corrected chi connectivity index (χ0v) is 8.10. The Hall–Kier alpha value is -0.700. The summed E-state index contributed by atoms with van der Waals surface area (Å²) >= 11 is 1.93. The van der Waals surface area contributed by atoms with Gasteiger partial charge in [-0.3, -0.25) is 0 Å². The first-order chi connectivity index (χ1) is 5.83. The number of aromatic nitrogens is 1. The standard InChI is InChI=1S/C9H14N2S/c1-2-5-12-7-8-3-4-9(10)11-6-8/h3-4,6H,2,5,7H2,1H3,(H2,10,11). The van der Waals surface area contributed by atoms with Crippen LogP contribution in [0.1, 0.15) is 18.9 Å². The number of nitrogens with two attached hydrogens (primary N) is 1. The summed E-state index contributed by atoms with van der Waals surface area (Å²) in [5, 5.41) is 0. The van der Waals surface area contributed by atoms with Crippen molar-refractivity contribution < 1.29 is 0 Å². The van der Waals surface area contributed by atoms with E-state index < -0.39 is 0 Å². The van der Waals surface area contributed by atoms with E-state index in [0.29, 0.717) is 5.82 Å². The molecule has 0 unspecified atom stereocenters. The minimum atomic E-state index is 0.597. The van der Waals surface area contributed by atoms with Gasteiger partial charge in [0, 0.05) is 11.9 Å². The zero-order valence-electron chi connectivity index (χ0n) is 7.29. The van der Waals surface area contributed by atoms with Crippen molar-refractivity contribution in [2.45, 2.75) is 19.1 Å². The van der Waals surface area contributed by atoms with Crippen LogP contribution in [0.5, 0.6) is 0 Å². The Labute approximate surface area is 77.6 Å². The lowest BCUT2D eigenvalue weighted by atomic mass is 10.3. The number of nitrogens with zero attached hydrogens (tertiary/aromatic N) is 1. The second kappa shape index (κ2) is 5.04. The summed E-state index contributed by atoms with van der Waals surface area (Å²) in [4.78, 5) is 4.02. The van der Waals surface area contributed by atoms with Crippen LogP contribution in [0.15, 0.2) is 18.3 Å². The van der Waals surface area contributed by atoms with Crippen LogP contribution in [0, 0.1) is 0 Å². The summed E-state index contributed by atoms with van der Waals surface area (Å²) < 4.78 is 0. The molecule has 12 heavy (non-hydrogen) atoms. The fourth-order valence-corrected chi connectivity index (χ4v) is 1.70. The van der Waals surface area contributed by atoms with Crippen LogP contribution in [0.4, 0.5) is 5.82 Å². The number of hydrogen-bond donors (Lipinski definition) is 1. The summed E-state index contributed by atoms with van der Waals surface area (Å²) in [5.41, 5.74) is 6.72. The predicted octanol–water partition coefficient (Wildman–Crippen LogP) is 2.31. The average molecular weight is 182 g/mol. The van der Waals surface area contributed by atoms with Crippen molar-refractivity contribution >= 4 is 17.6 Å². The molecular formula is C9H14N2S. The van der Waals surface area contributed by atoms with Crippen LogP contribution < -0.4 is 5.73 Å². The van der Waals surface area contributed by atoms with Crippen LogP contribution in [-0.4, -0.2) is 10.7 Å². The summed E-state index contributed by atoms with van der Waals surface area (Å²) in [6, 6.07) is 3.88. The number of pyridine rings is 1. The summed E-state index contributed by atoms with van der Waals surface area (Å²) in [6.07, 6.45) is 3.07. The molecule has 0 spiro atoms. The molecule has 3 heteroatoms. The molecule has 0 aliphatic rings. The van der Waals surface area contributed by atoms with Crippen LogP contribution in [0.25, 0.3) is 0 Å². The maximum atomic E-state index is 5.46. The van der Waals surface area contributed by atoms with Gasteiger partial charge in [0.2, 0.25) is 0 Å². The Morgan fingerprint density at radius 2 is 2.33 bits per heavy atom. The molecule has 0 atom stereocenters. The molecule has 0 saturated carbocycles. The fourth-order valence-electron chi connectivity index (χ4n) is 0.856. The highest BCUT2D eigenvalue weighted by molar-refractivity contribution is 7.98. The largest absolute Gasteiger partial charge is 0.384 e. The minimum absolute atomic E-state index is 0.597. The molecule has 0 aromatic carbocycles. The van der Waals surface area contributed by atoms with E-state index in [1.54, 1.807) is 0 Å². The smallest absolute Gasteiger partial charge is 0.123 e. The first-order valence-corrected chi connectivity index (χ1v) is 5.26. The lowest BCUT2D eigenvalue weighted by Crippen LogP contribution is -1.90. The SMILES string of the molecule is CCCSCc1ccc(N)nc1. The van der Waals surface area contributed by atoms with Crippen LogP contribution in [-0.2, 0) is 5.75 Å². The molecule has 0 bridgehead atoms. The maximum absolute atomic E-state index is 5.46. The van der Waals surface area contributed by atoms with Gasteiger partial charge >= 0.3 is 0 Å². The van der Waals surface area contributed by atoms with E-state index in [0.717, 1.165) is 5.75 Å². The third-order valence-electron chi connectivity index (χ3n) is 1.46. The fraction of sp³-hybridized carbons (Fsp3) is 0.444. The Bertz CT molecular complexity index is 220. The van der Waals surface area contributed by atoms with E-state index in [-0.39, 0.29) is 0 Å². The van der Waals surface area contributed by atoms with Gasteiger partial charge in [-0.1, -0.05) is 13.0 Å². The molecule has 1 heterocycles. The lowest BCUT2D eigenvalue weighted by molar-refractivity contribution is 1.10. The molecule has 1 aromatic rings. The molecule has 66 valence electrons. The predicted molar refractivity (Wildman–Crippen MR) is 55.1 cm³/mol. The lowest BCUT2D eigenvalue weighted by Gasteiger charge is -1.99. The number of rotatable bonds is 4. The van der Waals surface area contributed by atoms with Crippen molar-refractivity contribution in [3.05, 3.63) is 23.9 Å². The quantitative estimate of drug-likeness (QED) is 0.726. The van der Waals surface area contributed by atoms with E-state index in [1.165, 1.54) is 17.7 Å². The van der Waals surface area contributed by atoms with Crippen molar-refractivity contribution in [3.63, 3.8) is 0 Å². The first kappa shape index (κ1) is 9.39. The van der Waals surface area contributed by atoms with E-state index in [2.05, 4.69) is 11.9 Å². The molecule has 2 N–H and O–H groups in total.